The Kier molecular flexibility index (Phi) is 6.80. The number of hydrogen-bond acceptors (Lipinski definition) is 3. The molecule has 48 heavy (non-hydrogen) atoms. The summed E-state index contributed by atoms with van der Waals surface area (Å²) in [5.74, 6) is 0.703. The van der Waals surface area contributed by atoms with Crippen molar-refractivity contribution < 1.29 is 0 Å². The van der Waals surface area contributed by atoms with Crippen LogP contribution in [0.3, 0.4) is 0 Å². The fourth-order valence-electron chi connectivity index (χ4n) is 6.69. The molecule has 0 aliphatic rings. The molecule has 224 valence electrons. The number of benzene rings is 7. The first-order chi connectivity index (χ1) is 23.8. The first-order valence-electron chi connectivity index (χ1n) is 16.2. The van der Waals surface area contributed by atoms with Crippen LogP contribution in [0.25, 0.3) is 88.7 Å². The van der Waals surface area contributed by atoms with Crippen molar-refractivity contribution in [3.63, 3.8) is 0 Å². The lowest BCUT2D eigenvalue weighted by atomic mass is 9.94. The molecule has 0 aliphatic heterocycles. The molecular formula is C45H29N3. The lowest BCUT2D eigenvalue weighted by molar-refractivity contribution is 1.18. The highest BCUT2D eigenvalue weighted by Crippen LogP contribution is 2.38. The highest BCUT2D eigenvalue weighted by Gasteiger charge is 2.15. The van der Waals surface area contributed by atoms with E-state index >= 15 is 0 Å². The molecule has 0 N–H and O–H groups in total. The number of rotatable bonds is 5. The molecule has 0 atom stereocenters. The molecule has 3 nitrogen and oxygen atoms in total. The standard InChI is InChI=1S/C45H29N3/c1-3-13-32(14-4-1)41-29-42(33-15-5-2-6-16-33)48-45(47-41)34-24-22-30(23-25-34)35-17-11-18-36(28-35)44-39-27-26-31-12-7-8-19-37(31)43(39)38-20-9-10-21-40(38)46-44/h1-29H. The zero-order valence-electron chi connectivity index (χ0n) is 26.1. The summed E-state index contributed by atoms with van der Waals surface area (Å²) in [4.78, 5) is 15.2. The van der Waals surface area contributed by atoms with Crippen LogP contribution in [0.4, 0.5) is 0 Å². The van der Waals surface area contributed by atoms with Crippen LogP contribution in [-0.4, -0.2) is 15.0 Å². The van der Waals surface area contributed by atoms with Crippen LogP contribution in [-0.2, 0) is 0 Å². The van der Waals surface area contributed by atoms with Crippen molar-refractivity contribution in [2.24, 2.45) is 0 Å². The normalized spacial score (nSPS) is 11.3. The Morgan fingerprint density at radius 1 is 0.312 bits per heavy atom. The van der Waals surface area contributed by atoms with Crippen LogP contribution >= 0.6 is 0 Å². The summed E-state index contributed by atoms with van der Waals surface area (Å²) in [5, 5.41) is 6.06. The smallest absolute Gasteiger partial charge is 0.160 e. The first kappa shape index (κ1) is 27.8. The van der Waals surface area contributed by atoms with Gasteiger partial charge in [-0.3, -0.25) is 0 Å². The van der Waals surface area contributed by atoms with Crippen molar-refractivity contribution in [1.82, 2.24) is 15.0 Å². The number of para-hydroxylation sites is 1. The maximum Gasteiger partial charge on any atom is 0.160 e. The average molecular weight is 612 g/mol. The predicted octanol–water partition coefficient (Wildman–Crippen LogP) is 11.7. The van der Waals surface area contributed by atoms with Gasteiger partial charge in [0.2, 0.25) is 0 Å². The number of hydrogen-bond donors (Lipinski definition) is 0. The summed E-state index contributed by atoms with van der Waals surface area (Å²) in [6, 6.07) is 61.4. The molecule has 0 radical (unpaired) electrons. The lowest BCUT2D eigenvalue weighted by Crippen LogP contribution is -1.96. The molecule has 0 bridgehead atoms. The molecule has 0 amide bonds. The maximum absolute atomic E-state index is 5.22. The molecule has 2 heterocycles. The van der Waals surface area contributed by atoms with Crippen molar-refractivity contribution in [2.45, 2.75) is 0 Å². The molecule has 0 saturated heterocycles. The molecule has 0 fully saturated rings. The lowest BCUT2D eigenvalue weighted by Gasteiger charge is -2.13. The Morgan fingerprint density at radius 3 is 1.62 bits per heavy atom. The Bertz CT molecular complexity index is 2520. The summed E-state index contributed by atoms with van der Waals surface area (Å²) < 4.78 is 0. The molecule has 2 aromatic heterocycles. The maximum atomic E-state index is 5.22. The summed E-state index contributed by atoms with van der Waals surface area (Å²) in [6.07, 6.45) is 0. The van der Waals surface area contributed by atoms with Crippen LogP contribution in [0.5, 0.6) is 0 Å². The topological polar surface area (TPSA) is 38.7 Å². The zero-order valence-corrected chi connectivity index (χ0v) is 26.1. The van der Waals surface area contributed by atoms with E-state index in [0.29, 0.717) is 5.82 Å². The van der Waals surface area contributed by atoms with E-state index in [9.17, 15) is 0 Å². The van der Waals surface area contributed by atoms with Crippen LogP contribution in [0, 0.1) is 0 Å². The van der Waals surface area contributed by atoms with Gasteiger partial charge in [0.05, 0.1) is 22.6 Å². The third-order valence-corrected chi connectivity index (χ3v) is 9.07. The molecular weight excluding hydrogens is 583 g/mol. The summed E-state index contributed by atoms with van der Waals surface area (Å²) in [5.41, 5.74) is 10.2. The molecule has 0 spiro atoms. The van der Waals surface area contributed by atoms with Crippen molar-refractivity contribution in [3.05, 3.63) is 176 Å². The van der Waals surface area contributed by atoms with Gasteiger partial charge < -0.3 is 0 Å². The molecule has 9 aromatic rings. The highest BCUT2D eigenvalue weighted by molar-refractivity contribution is 6.22. The Balaban J connectivity index is 1.13. The van der Waals surface area contributed by atoms with Crippen LogP contribution in [0.2, 0.25) is 0 Å². The van der Waals surface area contributed by atoms with Gasteiger partial charge >= 0.3 is 0 Å². The fraction of sp³-hybridized carbons (Fsp3) is 0. The monoisotopic (exact) mass is 611 g/mol. The van der Waals surface area contributed by atoms with E-state index in [1.807, 2.05) is 36.4 Å². The largest absolute Gasteiger partial charge is 0.247 e. The van der Waals surface area contributed by atoms with E-state index in [4.69, 9.17) is 15.0 Å². The molecule has 3 heteroatoms. The van der Waals surface area contributed by atoms with E-state index in [1.165, 1.54) is 21.5 Å². The quantitative estimate of drug-likeness (QED) is 0.182. The second-order valence-electron chi connectivity index (χ2n) is 12.0. The van der Waals surface area contributed by atoms with Gasteiger partial charge in [0.15, 0.2) is 5.82 Å². The number of fused-ring (bicyclic) bond motifs is 5. The van der Waals surface area contributed by atoms with Gasteiger partial charge in [-0.05, 0) is 40.1 Å². The van der Waals surface area contributed by atoms with E-state index in [0.717, 1.165) is 61.4 Å². The Hall–Kier alpha value is -6.45. The summed E-state index contributed by atoms with van der Waals surface area (Å²) >= 11 is 0. The Labute approximate surface area is 278 Å². The molecule has 9 rings (SSSR count). The van der Waals surface area contributed by atoms with Gasteiger partial charge in [-0.15, -0.1) is 0 Å². The molecule has 0 saturated carbocycles. The van der Waals surface area contributed by atoms with Gasteiger partial charge in [-0.25, -0.2) is 15.0 Å². The Morgan fingerprint density at radius 2 is 0.896 bits per heavy atom. The summed E-state index contributed by atoms with van der Waals surface area (Å²) in [6.45, 7) is 0. The molecule has 0 aliphatic carbocycles. The van der Waals surface area contributed by atoms with Crippen LogP contribution in [0.15, 0.2) is 176 Å². The predicted molar refractivity (Wildman–Crippen MR) is 200 cm³/mol. The van der Waals surface area contributed by atoms with Crippen LogP contribution < -0.4 is 0 Å². The minimum absolute atomic E-state index is 0.703. The fourth-order valence-corrected chi connectivity index (χ4v) is 6.69. The SMILES string of the molecule is c1ccc(-c2cc(-c3ccccc3)nc(-c3ccc(-c4cccc(-c5nc6ccccc6c6c5ccc5ccccc56)c4)cc3)n2)cc1. The number of pyridine rings is 1. The van der Waals surface area contributed by atoms with Gasteiger partial charge in [0.25, 0.3) is 0 Å². The van der Waals surface area contributed by atoms with Gasteiger partial charge in [0.1, 0.15) is 0 Å². The van der Waals surface area contributed by atoms with Crippen molar-refractivity contribution in [3.8, 4) is 56.3 Å². The van der Waals surface area contributed by atoms with Crippen molar-refractivity contribution in [2.75, 3.05) is 0 Å². The molecule has 7 aromatic carbocycles. The van der Waals surface area contributed by atoms with E-state index in [-0.39, 0.29) is 0 Å². The minimum Gasteiger partial charge on any atom is -0.247 e. The molecule has 0 unspecified atom stereocenters. The van der Waals surface area contributed by atoms with Crippen molar-refractivity contribution >= 4 is 32.4 Å². The highest BCUT2D eigenvalue weighted by atomic mass is 14.9. The number of nitrogens with zero attached hydrogens (tertiary/aromatic N) is 3. The number of aromatic nitrogens is 3. The van der Waals surface area contributed by atoms with Crippen LogP contribution in [0.1, 0.15) is 0 Å². The van der Waals surface area contributed by atoms with E-state index < -0.39 is 0 Å². The van der Waals surface area contributed by atoms with Gasteiger partial charge in [-0.2, -0.15) is 0 Å². The van der Waals surface area contributed by atoms with Gasteiger partial charge in [0, 0.05) is 38.4 Å². The average Bonchev–Trinajstić information content (AvgIpc) is 3.18. The van der Waals surface area contributed by atoms with E-state index in [2.05, 4.69) is 140 Å². The van der Waals surface area contributed by atoms with Crippen molar-refractivity contribution in [1.29, 1.82) is 0 Å². The third-order valence-electron chi connectivity index (χ3n) is 9.07. The third kappa shape index (κ3) is 4.99. The van der Waals surface area contributed by atoms with E-state index in [1.54, 1.807) is 0 Å². The minimum atomic E-state index is 0.703. The second kappa shape index (κ2) is 11.7. The zero-order chi connectivity index (χ0) is 31.9. The second-order valence-corrected chi connectivity index (χ2v) is 12.0. The van der Waals surface area contributed by atoms with Gasteiger partial charge in [-0.1, -0.05) is 158 Å². The summed E-state index contributed by atoms with van der Waals surface area (Å²) in [7, 11) is 0. The first-order valence-corrected chi connectivity index (χ1v) is 16.2.